The number of halogens is 1. The third kappa shape index (κ3) is 4.43. The summed E-state index contributed by atoms with van der Waals surface area (Å²) in [6.07, 6.45) is 0.798. The fourth-order valence-corrected chi connectivity index (χ4v) is 4.02. The number of hydrogen-bond acceptors (Lipinski definition) is 4. The molecule has 8 heteroatoms. The Morgan fingerprint density at radius 1 is 1.12 bits per heavy atom. The van der Waals surface area contributed by atoms with Gasteiger partial charge in [-0.3, -0.25) is 9.59 Å². The molecule has 0 spiro atoms. The molecule has 0 saturated heterocycles. The second-order valence-electron chi connectivity index (χ2n) is 7.82. The first-order valence-corrected chi connectivity index (χ1v) is 10.7. The normalized spacial score (nSPS) is 11.1. The van der Waals surface area contributed by atoms with Crippen molar-refractivity contribution >= 4 is 45.7 Å². The van der Waals surface area contributed by atoms with E-state index in [1.807, 2.05) is 42.6 Å². The molecule has 164 valence electrons. The van der Waals surface area contributed by atoms with Crippen LogP contribution >= 0.6 is 11.6 Å². The number of carbonyl (C=O) groups is 2. The summed E-state index contributed by atoms with van der Waals surface area (Å²) in [6, 6.07) is 14.8. The Morgan fingerprint density at radius 3 is 2.69 bits per heavy atom. The van der Waals surface area contributed by atoms with Crippen LogP contribution in [0, 0.1) is 13.8 Å². The summed E-state index contributed by atoms with van der Waals surface area (Å²) in [5.41, 5.74) is 5.16. The van der Waals surface area contributed by atoms with Crippen molar-refractivity contribution in [1.82, 2.24) is 19.5 Å². The summed E-state index contributed by atoms with van der Waals surface area (Å²) in [5, 5.41) is 8.96. The first-order chi connectivity index (χ1) is 15.3. The number of rotatable bonds is 6. The maximum atomic E-state index is 12.7. The Labute approximate surface area is 191 Å². The van der Waals surface area contributed by atoms with Gasteiger partial charge in [-0.1, -0.05) is 29.8 Å². The zero-order valence-corrected chi connectivity index (χ0v) is 19.0. The second-order valence-corrected chi connectivity index (χ2v) is 8.26. The van der Waals surface area contributed by atoms with Gasteiger partial charge in [0.25, 0.3) is 0 Å². The van der Waals surface area contributed by atoms with E-state index in [4.69, 9.17) is 16.6 Å². The van der Waals surface area contributed by atoms with Gasteiger partial charge in [0.1, 0.15) is 0 Å². The number of fused-ring (bicyclic) bond motifs is 3. The summed E-state index contributed by atoms with van der Waals surface area (Å²) < 4.78 is 1.85. The van der Waals surface area contributed by atoms with Gasteiger partial charge in [0.2, 0.25) is 11.8 Å². The van der Waals surface area contributed by atoms with Crippen molar-refractivity contribution in [2.24, 2.45) is 0 Å². The van der Waals surface area contributed by atoms with Crippen LogP contribution in [0.1, 0.15) is 23.4 Å². The van der Waals surface area contributed by atoms with Gasteiger partial charge in [-0.25, -0.2) is 9.50 Å². The van der Waals surface area contributed by atoms with Crippen molar-refractivity contribution in [2.45, 2.75) is 26.7 Å². The van der Waals surface area contributed by atoms with Crippen LogP contribution < -0.4 is 5.32 Å². The lowest BCUT2D eigenvalue weighted by atomic mass is 10.1. The van der Waals surface area contributed by atoms with Crippen molar-refractivity contribution in [1.29, 1.82) is 0 Å². The SMILES string of the molecule is Cc1nc2c3ccccc3nn2c(C)c1CCC(=O)N(C)CC(=O)Nc1cccc(Cl)c1. The molecule has 0 unspecified atom stereocenters. The fourth-order valence-electron chi connectivity index (χ4n) is 3.83. The van der Waals surface area contributed by atoms with Crippen molar-refractivity contribution in [3.05, 3.63) is 70.5 Å². The summed E-state index contributed by atoms with van der Waals surface area (Å²) in [4.78, 5) is 31.1. The van der Waals surface area contributed by atoms with Crippen LogP contribution in [0.15, 0.2) is 48.5 Å². The number of nitrogens with zero attached hydrogens (tertiary/aromatic N) is 4. The molecule has 4 rings (SSSR count). The van der Waals surface area contributed by atoms with Crippen molar-refractivity contribution in [2.75, 3.05) is 18.9 Å². The quantitative estimate of drug-likeness (QED) is 0.479. The van der Waals surface area contributed by atoms with E-state index in [0.717, 1.165) is 33.5 Å². The number of aromatic nitrogens is 3. The summed E-state index contributed by atoms with van der Waals surface area (Å²) in [7, 11) is 1.63. The molecule has 4 aromatic rings. The molecule has 0 aliphatic heterocycles. The molecule has 7 nitrogen and oxygen atoms in total. The van der Waals surface area contributed by atoms with Gasteiger partial charge >= 0.3 is 0 Å². The lowest BCUT2D eigenvalue weighted by Gasteiger charge is -2.18. The minimum absolute atomic E-state index is 0.0366. The Hall–Kier alpha value is -3.45. The van der Waals surface area contributed by atoms with Gasteiger partial charge in [-0.15, -0.1) is 0 Å². The molecule has 0 fully saturated rings. The van der Waals surface area contributed by atoms with Crippen LogP contribution in [-0.4, -0.2) is 44.9 Å². The Kier molecular flexibility index (Phi) is 6.10. The maximum absolute atomic E-state index is 12.7. The number of likely N-dealkylation sites (N-methyl/N-ethyl adjacent to an activating group) is 1. The molecule has 2 amide bonds. The number of aryl methyl sites for hydroxylation is 2. The number of carbonyl (C=O) groups excluding carboxylic acids is 2. The van der Waals surface area contributed by atoms with E-state index in [9.17, 15) is 9.59 Å². The summed E-state index contributed by atoms with van der Waals surface area (Å²) in [5.74, 6) is -0.391. The molecule has 2 aromatic heterocycles. The number of hydrogen-bond donors (Lipinski definition) is 1. The number of amides is 2. The zero-order chi connectivity index (χ0) is 22.8. The molecule has 1 N–H and O–H groups in total. The van der Waals surface area contributed by atoms with Crippen molar-refractivity contribution < 1.29 is 9.59 Å². The average Bonchev–Trinajstić information content (AvgIpc) is 3.12. The highest BCUT2D eigenvalue weighted by Crippen LogP contribution is 2.23. The number of anilines is 1. The van der Waals surface area contributed by atoms with Gasteiger partial charge in [0.05, 0.1) is 12.1 Å². The lowest BCUT2D eigenvalue weighted by molar-refractivity contribution is -0.133. The summed E-state index contributed by atoms with van der Waals surface area (Å²) >= 11 is 5.94. The van der Waals surface area contributed by atoms with Gasteiger partial charge in [-0.05, 0) is 56.2 Å². The minimum atomic E-state index is -0.276. The molecule has 0 aliphatic carbocycles. The van der Waals surface area contributed by atoms with Crippen molar-refractivity contribution in [3.63, 3.8) is 0 Å². The zero-order valence-electron chi connectivity index (χ0n) is 18.2. The molecule has 0 saturated carbocycles. The van der Waals surface area contributed by atoms with E-state index in [1.54, 1.807) is 31.3 Å². The van der Waals surface area contributed by atoms with E-state index in [0.29, 0.717) is 17.1 Å². The first-order valence-electron chi connectivity index (χ1n) is 10.4. The third-order valence-electron chi connectivity index (χ3n) is 5.52. The van der Waals surface area contributed by atoms with E-state index in [1.165, 1.54) is 4.90 Å². The minimum Gasteiger partial charge on any atom is -0.336 e. The molecule has 0 bridgehead atoms. The smallest absolute Gasteiger partial charge is 0.243 e. The highest BCUT2D eigenvalue weighted by molar-refractivity contribution is 6.30. The predicted molar refractivity (Wildman–Crippen MR) is 126 cm³/mol. The fraction of sp³-hybridized carbons (Fsp3) is 0.250. The Bertz CT molecular complexity index is 1330. The van der Waals surface area contributed by atoms with E-state index >= 15 is 0 Å². The second kappa shape index (κ2) is 8.96. The molecule has 0 aliphatic rings. The lowest BCUT2D eigenvalue weighted by Crippen LogP contribution is -2.35. The molecule has 32 heavy (non-hydrogen) atoms. The first kappa shape index (κ1) is 21.8. The molecular formula is C24H24ClN5O2. The molecule has 0 radical (unpaired) electrons. The number of nitrogens with one attached hydrogen (secondary N) is 1. The van der Waals surface area contributed by atoms with E-state index < -0.39 is 0 Å². The highest BCUT2D eigenvalue weighted by Gasteiger charge is 2.17. The van der Waals surface area contributed by atoms with Gasteiger partial charge < -0.3 is 10.2 Å². The largest absolute Gasteiger partial charge is 0.336 e. The van der Waals surface area contributed by atoms with Crippen LogP contribution in [0.5, 0.6) is 0 Å². The van der Waals surface area contributed by atoms with Crippen LogP contribution in [-0.2, 0) is 16.0 Å². The van der Waals surface area contributed by atoms with Crippen LogP contribution in [0.4, 0.5) is 5.69 Å². The monoisotopic (exact) mass is 449 g/mol. The van der Waals surface area contributed by atoms with E-state index in [-0.39, 0.29) is 24.8 Å². The van der Waals surface area contributed by atoms with Gasteiger partial charge in [-0.2, -0.15) is 5.10 Å². The topological polar surface area (TPSA) is 79.6 Å². The molecule has 0 atom stereocenters. The van der Waals surface area contributed by atoms with Crippen molar-refractivity contribution in [3.8, 4) is 0 Å². The predicted octanol–water partition coefficient (Wildman–Crippen LogP) is 4.18. The number of benzene rings is 2. The van der Waals surface area contributed by atoms with Crippen LogP contribution in [0.3, 0.4) is 0 Å². The Balaban J connectivity index is 1.43. The summed E-state index contributed by atoms with van der Waals surface area (Å²) in [6.45, 7) is 3.91. The maximum Gasteiger partial charge on any atom is 0.243 e. The molecule has 2 aromatic carbocycles. The van der Waals surface area contributed by atoms with Gasteiger partial charge in [0, 0.05) is 41.0 Å². The van der Waals surface area contributed by atoms with Crippen LogP contribution in [0.2, 0.25) is 5.02 Å². The molecular weight excluding hydrogens is 426 g/mol. The van der Waals surface area contributed by atoms with Crippen LogP contribution in [0.25, 0.3) is 16.6 Å². The highest BCUT2D eigenvalue weighted by atomic mass is 35.5. The van der Waals surface area contributed by atoms with Gasteiger partial charge in [0.15, 0.2) is 5.65 Å². The Morgan fingerprint density at radius 2 is 1.91 bits per heavy atom. The third-order valence-corrected chi connectivity index (χ3v) is 5.76. The standard InChI is InChI=1S/C24H24ClN5O2/c1-15-19(16(2)30-24(26-15)20-9-4-5-10-21(20)28-30)11-12-23(32)29(3)14-22(31)27-18-8-6-7-17(25)13-18/h4-10,13H,11-12,14H2,1-3H3,(H,27,31). The molecule has 2 heterocycles. The van der Waals surface area contributed by atoms with E-state index in [2.05, 4.69) is 10.4 Å². The average molecular weight is 450 g/mol.